The van der Waals surface area contributed by atoms with Crippen molar-refractivity contribution in [2.75, 3.05) is 0 Å². The first-order valence-corrected chi connectivity index (χ1v) is 11.4. The second kappa shape index (κ2) is 9.46. The van der Waals surface area contributed by atoms with E-state index in [1.165, 1.54) is 18.2 Å². The number of esters is 1. The van der Waals surface area contributed by atoms with Crippen LogP contribution < -0.4 is 4.74 Å². The van der Waals surface area contributed by atoms with Crippen LogP contribution in [0.3, 0.4) is 0 Å². The molecule has 3 aromatic carbocycles. The minimum atomic E-state index is -0.597. The number of rotatable bonds is 5. The van der Waals surface area contributed by atoms with Crippen LogP contribution in [0.5, 0.6) is 5.75 Å². The largest absolute Gasteiger partial charge is 0.486 e. The number of cyclic esters (lactones) is 1. The Balaban J connectivity index is 1.57. The molecule has 4 rings (SSSR count). The van der Waals surface area contributed by atoms with Crippen molar-refractivity contribution in [3.63, 3.8) is 0 Å². The Labute approximate surface area is 203 Å². The van der Waals surface area contributed by atoms with E-state index >= 15 is 0 Å². The number of hydrogen-bond acceptors (Lipinski definition) is 4. The highest BCUT2D eigenvalue weighted by Crippen LogP contribution is 2.36. The maximum absolute atomic E-state index is 13.4. The topological polar surface area (TPSA) is 47.9 Å². The van der Waals surface area contributed by atoms with Gasteiger partial charge in [0.25, 0.3) is 0 Å². The Kier molecular flexibility index (Phi) is 6.69. The van der Waals surface area contributed by atoms with Gasteiger partial charge in [0.15, 0.2) is 5.70 Å². The zero-order chi connectivity index (χ0) is 22.0. The lowest BCUT2D eigenvalue weighted by molar-refractivity contribution is -0.129. The van der Waals surface area contributed by atoms with Gasteiger partial charge < -0.3 is 9.47 Å². The molecule has 0 fully saturated rings. The van der Waals surface area contributed by atoms with Gasteiger partial charge in [-0.05, 0) is 79.9 Å². The van der Waals surface area contributed by atoms with Gasteiger partial charge in [-0.2, -0.15) is 0 Å². The van der Waals surface area contributed by atoms with Crippen LogP contribution in [0.4, 0.5) is 4.39 Å². The van der Waals surface area contributed by atoms with Crippen molar-refractivity contribution < 1.29 is 18.7 Å². The van der Waals surface area contributed by atoms with E-state index in [1.54, 1.807) is 12.1 Å². The zero-order valence-corrected chi connectivity index (χ0v) is 20.5. The van der Waals surface area contributed by atoms with Crippen LogP contribution in [0.1, 0.15) is 16.7 Å². The van der Waals surface area contributed by atoms with Gasteiger partial charge in [-0.3, -0.25) is 0 Å². The summed E-state index contributed by atoms with van der Waals surface area (Å²) < 4.78 is 27.0. The first kappa shape index (κ1) is 21.9. The molecule has 8 heteroatoms. The van der Waals surface area contributed by atoms with Gasteiger partial charge >= 0.3 is 5.97 Å². The lowest BCUT2D eigenvalue weighted by Crippen LogP contribution is -2.05. The number of carbonyl (C=O) groups excluding carboxylic acids is 1. The summed E-state index contributed by atoms with van der Waals surface area (Å²) in [6.45, 7) is 0.382. The average molecular weight is 610 g/mol. The van der Waals surface area contributed by atoms with Crippen LogP contribution in [0.2, 0.25) is 0 Å². The molecular weight excluding hydrogens is 597 g/mol. The van der Waals surface area contributed by atoms with Crippen LogP contribution in [0.25, 0.3) is 6.08 Å². The second-order valence-electron chi connectivity index (χ2n) is 6.54. The van der Waals surface area contributed by atoms with Crippen LogP contribution in [-0.2, 0) is 16.1 Å². The van der Waals surface area contributed by atoms with Gasteiger partial charge in [-0.1, -0.05) is 40.2 Å². The van der Waals surface area contributed by atoms with Crippen molar-refractivity contribution in [3.8, 4) is 5.75 Å². The first-order valence-electron chi connectivity index (χ1n) is 9.04. The average Bonchev–Trinajstić information content (AvgIpc) is 3.09. The Hall–Kier alpha value is -2.29. The number of carbonyl (C=O) groups is 1. The Bertz CT molecular complexity index is 1220. The highest BCUT2D eigenvalue weighted by atomic mass is 79.9. The summed E-state index contributed by atoms with van der Waals surface area (Å²) in [5.41, 5.74) is 2.25. The highest BCUT2D eigenvalue weighted by Gasteiger charge is 2.24. The molecule has 1 heterocycles. The van der Waals surface area contributed by atoms with E-state index in [1.807, 2.05) is 36.4 Å². The monoisotopic (exact) mass is 607 g/mol. The van der Waals surface area contributed by atoms with E-state index in [9.17, 15) is 9.18 Å². The van der Waals surface area contributed by atoms with Crippen molar-refractivity contribution in [2.45, 2.75) is 6.61 Å². The van der Waals surface area contributed by atoms with E-state index in [0.29, 0.717) is 32.4 Å². The zero-order valence-electron chi connectivity index (χ0n) is 15.7. The first-order chi connectivity index (χ1) is 14.9. The molecule has 0 spiro atoms. The van der Waals surface area contributed by atoms with Crippen LogP contribution in [-0.4, -0.2) is 11.9 Å². The second-order valence-corrected chi connectivity index (χ2v) is 9.10. The molecule has 3 aromatic rings. The van der Waals surface area contributed by atoms with Gasteiger partial charge in [-0.15, -0.1) is 0 Å². The number of aliphatic imine (C=N–C) groups is 1. The van der Waals surface area contributed by atoms with E-state index in [4.69, 9.17) is 9.47 Å². The van der Waals surface area contributed by atoms with Crippen LogP contribution in [0.15, 0.2) is 84.8 Å². The van der Waals surface area contributed by atoms with Crippen molar-refractivity contribution in [2.24, 2.45) is 4.99 Å². The van der Waals surface area contributed by atoms with E-state index in [2.05, 4.69) is 52.8 Å². The minimum absolute atomic E-state index is 0.0715. The van der Waals surface area contributed by atoms with Gasteiger partial charge in [0.05, 0.1) is 8.95 Å². The summed E-state index contributed by atoms with van der Waals surface area (Å²) in [7, 11) is 0. The molecule has 0 unspecified atom stereocenters. The number of halogens is 4. The normalized spacial score (nSPS) is 14.5. The third kappa shape index (κ3) is 5.14. The molecule has 156 valence electrons. The summed E-state index contributed by atoms with van der Waals surface area (Å²) in [6.07, 6.45) is 1.60. The third-order valence-electron chi connectivity index (χ3n) is 4.35. The quantitative estimate of drug-likeness (QED) is 0.230. The fraction of sp³-hybridized carbons (Fsp3) is 0.0435. The van der Waals surface area contributed by atoms with E-state index in [-0.39, 0.29) is 11.6 Å². The minimum Gasteiger partial charge on any atom is -0.486 e. The maximum Gasteiger partial charge on any atom is 0.363 e. The number of ether oxygens (including phenoxy) is 2. The smallest absolute Gasteiger partial charge is 0.363 e. The van der Waals surface area contributed by atoms with Gasteiger partial charge in [0.2, 0.25) is 5.90 Å². The van der Waals surface area contributed by atoms with E-state index < -0.39 is 11.8 Å². The van der Waals surface area contributed by atoms with Crippen molar-refractivity contribution in [1.82, 2.24) is 0 Å². The van der Waals surface area contributed by atoms with Crippen LogP contribution >= 0.6 is 47.8 Å². The summed E-state index contributed by atoms with van der Waals surface area (Å²) in [5, 5.41) is 0. The standard InChI is InChI=1S/C23H13Br3FNO3/c24-17-7-2-1-4-15(17)12-30-21-18(25)8-13(9-19(21)26)10-20-23(29)31-22(28-20)14-5-3-6-16(27)11-14/h1-11H,12H2/b20-10-. The molecule has 1 aliphatic rings. The van der Waals surface area contributed by atoms with Gasteiger partial charge in [-0.25, -0.2) is 14.2 Å². The maximum atomic E-state index is 13.4. The SMILES string of the molecule is O=C1OC(c2cccc(F)c2)=N/C1=C\c1cc(Br)c(OCc2ccccc2Br)c(Br)c1. The molecule has 0 aromatic heterocycles. The summed E-state index contributed by atoms with van der Waals surface area (Å²) in [6, 6.07) is 17.2. The third-order valence-corrected chi connectivity index (χ3v) is 6.30. The van der Waals surface area contributed by atoms with Crippen LogP contribution in [0, 0.1) is 5.82 Å². The Morgan fingerprint density at radius 3 is 2.42 bits per heavy atom. The molecule has 0 saturated heterocycles. The Morgan fingerprint density at radius 2 is 1.71 bits per heavy atom. The number of benzene rings is 3. The van der Waals surface area contributed by atoms with E-state index in [0.717, 1.165) is 10.0 Å². The predicted molar refractivity (Wildman–Crippen MR) is 127 cm³/mol. The molecule has 1 aliphatic heterocycles. The number of hydrogen-bond donors (Lipinski definition) is 0. The molecule has 4 nitrogen and oxygen atoms in total. The lowest BCUT2D eigenvalue weighted by atomic mass is 10.2. The molecule has 31 heavy (non-hydrogen) atoms. The molecule has 0 radical (unpaired) electrons. The van der Waals surface area contributed by atoms with Crippen molar-refractivity contribution in [3.05, 3.63) is 102 Å². The summed E-state index contributed by atoms with van der Waals surface area (Å²) in [4.78, 5) is 16.4. The molecule has 0 amide bonds. The fourth-order valence-corrected chi connectivity index (χ4v) is 4.73. The molecular formula is C23H13Br3FNO3. The Morgan fingerprint density at radius 1 is 0.968 bits per heavy atom. The molecule has 0 N–H and O–H groups in total. The van der Waals surface area contributed by atoms with Crippen molar-refractivity contribution in [1.29, 1.82) is 0 Å². The summed E-state index contributed by atoms with van der Waals surface area (Å²) >= 11 is 10.6. The highest BCUT2D eigenvalue weighted by molar-refractivity contribution is 9.11. The lowest BCUT2D eigenvalue weighted by Gasteiger charge is -2.12. The molecule has 0 atom stereocenters. The fourth-order valence-electron chi connectivity index (χ4n) is 2.88. The predicted octanol–water partition coefficient (Wildman–Crippen LogP) is 7.04. The van der Waals surface area contributed by atoms with Crippen molar-refractivity contribution >= 4 is 65.7 Å². The molecule has 0 aliphatic carbocycles. The van der Waals surface area contributed by atoms with Gasteiger partial charge in [0, 0.05) is 15.6 Å². The van der Waals surface area contributed by atoms with Gasteiger partial charge in [0.1, 0.15) is 18.2 Å². The summed E-state index contributed by atoms with van der Waals surface area (Å²) in [5.74, 6) is -0.321. The molecule has 0 saturated carbocycles. The molecule has 0 bridgehead atoms. The number of nitrogens with zero attached hydrogens (tertiary/aromatic N) is 1.